The van der Waals surface area contributed by atoms with E-state index in [9.17, 15) is 0 Å². The third-order valence-electron chi connectivity index (χ3n) is 2.37. The molecule has 0 fully saturated rings. The fraction of sp³-hybridized carbons (Fsp3) is 0.133. The molecule has 18 heavy (non-hydrogen) atoms. The van der Waals surface area contributed by atoms with E-state index in [-0.39, 0.29) is 0 Å². The predicted molar refractivity (Wildman–Crippen MR) is 75.1 cm³/mol. The molecule has 2 rings (SSSR count). The van der Waals surface area contributed by atoms with Gasteiger partial charge in [-0.05, 0) is 36.8 Å². The minimum absolute atomic E-state index is 0.550. The zero-order valence-electron chi connectivity index (χ0n) is 10.1. The summed E-state index contributed by atoms with van der Waals surface area (Å²) in [5.41, 5.74) is 2.25. The quantitative estimate of drug-likeness (QED) is 0.754. The second-order valence-electron chi connectivity index (χ2n) is 3.98. The van der Waals surface area contributed by atoms with Crippen molar-refractivity contribution < 1.29 is 4.74 Å². The molecule has 0 aliphatic heterocycles. The van der Waals surface area contributed by atoms with E-state index < -0.39 is 0 Å². The van der Waals surface area contributed by atoms with E-state index in [1.54, 1.807) is 12.4 Å². The highest BCUT2D eigenvalue weighted by atomic mass is 35.5. The number of allylic oxidation sites excluding steroid dienone is 1. The zero-order valence-corrected chi connectivity index (χ0v) is 10.9. The normalized spacial score (nSPS) is 11.3. The van der Waals surface area contributed by atoms with Gasteiger partial charge in [-0.25, -0.2) is 0 Å². The van der Waals surface area contributed by atoms with Crippen molar-refractivity contribution in [2.24, 2.45) is 0 Å². The summed E-state index contributed by atoms with van der Waals surface area (Å²) < 4.78 is 5.66. The second kappa shape index (κ2) is 6.22. The average Bonchev–Trinajstić information content (AvgIpc) is 2.42. The maximum Gasteiger partial charge on any atom is 0.145 e. The Labute approximate surface area is 112 Å². The van der Waals surface area contributed by atoms with Crippen molar-refractivity contribution in [3.63, 3.8) is 0 Å². The van der Waals surface area contributed by atoms with Gasteiger partial charge in [-0.15, -0.1) is 11.6 Å². The molecule has 0 unspecified atom stereocenters. The number of rotatable bonds is 4. The standard InChI is InChI=1S/C15H14ClNO/c1-12(10-16)9-13-4-6-14(7-5-13)18-15-3-2-8-17-11-15/h2-9,11H,10H2,1H3. The smallest absolute Gasteiger partial charge is 0.145 e. The number of benzene rings is 1. The van der Waals surface area contributed by atoms with Crippen LogP contribution in [-0.2, 0) is 0 Å². The molecule has 0 atom stereocenters. The molecular formula is C15H14ClNO. The molecule has 2 aromatic rings. The van der Waals surface area contributed by atoms with Gasteiger partial charge in [-0.1, -0.05) is 23.8 Å². The van der Waals surface area contributed by atoms with Crippen molar-refractivity contribution in [1.82, 2.24) is 4.98 Å². The number of pyridine rings is 1. The van der Waals surface area contributed by atoms with Crippen LogP contribution in [0.2, 0.25) is 0 Å². The number of halogens is 1. The summed E-state index contributed by atoms with van der Waals surface area (Å²) in [6.45, 7) is 2.01. The lowest BCUT2D eigenvalue weighted by Crippen LogP contribution is -1.85. The molecule has 0 saturated heterocycles. The van der Waals surface area contributed by atoms with E-state index >= 15 is 0 Å². The Balaban J connectivity index is 2.09. The Bertz CT molecular complexity index is 520. The maximum absolute atomic E-state index is 5.74. The SMILES string of the molecule is CC(=Cc1ccc(Oc2cccnc2)cc1)CCl. The number of ether oxygens (including phenoxy) is 1. The summed E-state index contributed by atoms with van der Waals surface area (Å²) in [5, 5.41) is 0. The van der Waals surface area contributed by atoms with Crippen LogP contribution in [0.3, 0.4) is 0 Å². The van der Waals surface area contributed by atoms with E-state index in [0.29, 0.717) is 5.88 Å². The molecule has 0 aliphatic rings. The lowest BCUT2D eigenvalue weighted by Gasteiger charge is -2.05. The highest BCUT2D eigenvalue weighted by Crippen LogP contribution is 2.21. The molecular weight excluding hydrogens is 246 g/mol. The van der Waals surface area contributed by atoms with Crippen LogP contribution in [0.1, 0.15) is 12.5 Å². The molecule has 1 heterocycles. The van der Waals surface area contributed by atoms with Crippen LogP contribution in [0.5, 0.6) is 11.5 Å². The largest absolute Gasteiger partial charge is 0.456 e. The predicted octanol–water partition coefficient (Wildman–Crippen LogP) is 4.52. The van der Waals surface area contributed by atoms with Gasteiger partial charge in [0.25, 0.3) is 0 Å². The van der Waals surface area contributed by atoms with Crippen LogP contribution < -0.4 is 4.74 Å². The fourth-order valence-corrected chi connectivity index (χ4v) is 1.58. The Kier molecular flexibility index (Phi) is 4.37. The summed E-state index contributed by atoms with van der Waals surface area (Å²) in [6, 6.07) is 11.6. The first-order valence-electron chi connectivity index (χ1n) is 5.69. The van der Waals surface area contributed by atoms with Gasteiger partial charge >= 0.3 is 0 Å². The van der Waals surface area contributed by atoms with E-state index in [0.717, 1.165) is 22.6 Å². The van der Waals surface area contributed by atoms with Crippen LogP contribution in [0.15, 0.2) is 54.4 Å². The number of hydrogen-bond acceptors (Lipinski definition) is 2. The van der Waals surface area contributed by atoms with Gasteiger partial charge < -0.3 is 4.74 Å². The lowest BCUT2D eigenvalue weighted by molar-refractivity contribution is 0.480. The second-order valence-corrected chi connectivity index (χ2v) is 4.25. The van der Waals surface area contributed by atoms with Gasteiger partial charge in [0.1, 0.15) is 11.5 Å². The first-order chi connectivity index (χ1) is 8.78. The van der Waals surface area contributed by atoms with Crippen molar-refractivity contribution in [1.29, 1.82) is 0 Å². The Hall–Kier alpha value is -1.80. The summed E-state index contributed by atoms with van der Waals surface area (Å²) in [6.07, 6.45) is 5.46. The summed E-state index contributed by atoms with van der Waals surface area (Å²) in [4.78, 5) is 4.00. The molecule has 0 bridgehead atoms. The van der Waals surface area contributed by atoms with Crippen LogP contribution in [0, 0.1) is 0 Å². The first kappa shape index (κ1) is 12.7. The van der Waals surface area contributed by atoms with Gasteiger partial charge in [-0.2, -0.15) is 0 Å². The molecule has 92 valence electrons. The molecule has 0 amide bonds. The Morgan fingerprint density at radius 1 is 1.22 bits per heavy atom. The molecule has 0 radical (unpaired) electrons. The van der Waals surface area contributed by atoms with Crippen LogP contribution >= 0.6 is 11.6 Å². The zero-order chi connectivity index (χ0) is 12.8. The maximum atomic E-state index is 5.74. The summed E-state index contributed by atoms with van der Waals surface area (Å²) in [7, 11) is 0. The molecule has 0 aliphatic carbocycles. The summed E-state index contributed by atoms with van der Waals surface area (Å²) in [5.74, 6) is 2.08. The molecule has 3 heteroatoms. The van der Waals surface area contributed by atoms with E-state index in [4.69, 9.17) is 16.3 Å². The van der Waals surface area contributed by atoms with Crippen LogP contribution in [0.4, 0.5) is 0 Å². The third kappa shape index (κ3) is 3.60. The average molecular weight is 260 g/mol. The lowest BCUT2D eigenvalue weighted by atomic mass is 10.1. The monoisotopic (exact) mass is 259 g/mol. The van der Waals surface area contributed by atoms with Gasteiger partial charge in [0.05, 0.1) is 6.20 Å². The highest BCUT2D eigenvalue weighted by Gasteiger charge is 1.97. The number of nitrogens with zero attached hydrogens (tertiary/aromatic N) is 1. The number of aromatic nitrogens is 1. The summed E-state index contributed by atoms with van der Waals surface area (Å²) >= 11 is 5.74. The first-order valence-corrected chi connectivity index (χ1v) is 6.22. The van der Waals surface area contributed by atoms with Crippen LogP contribution in [0.25, 0.3) is 6.08 Å². The van der Waals surface area contributed by atoms with E-state index in [1.807, 2.05) is 43.3 Å². The molecule has 2 nitrogen and oxygen atoms in total. The van der Waals surface area contributed by atoms with Gasteiger partial charge in [0.15, 0.2) is 0 Å². The molecule has 1 aromatic heterocycles. The molecule has 0 saturated carbocycles. The molecule has 0 N–H and O–H groups in total. The number of alkyl halides is 1. The molecule has 0 spiro atoms. The minimum Gasteiger partial charge on any atom is -0.456 e. The van der Waals surface area contributed by atoms with Gasteiger partial charge in [0.2, 0.25) is 0 Å². The number of hydrogen-bond donors (Lipinski definition) is 0. The van der Waals surface area contributed by atoms with E-state index in [2.05, 4.69) is 11.1 Å². The van der Waals surface area contributed by atoms with Crippen LogP contribution in [-0.4, -0.2) is 10.9 Å². The van der Waals surface area contributed by atoms with Gasteiger partial charge in [0, 0.05) is 12.1 Å². The van der Waals surface area contributed by atoms with Crippen molar-refractivity contribution in [3.8, 4) is 11.5 Å². The van der Waals surface area contributed by atoms with Gasteiger partial charge in [-0.3, -0.25) is 4.98 Å². The third-order valence-corrected chi connectivity index (χ3v) is 2.80. The Morgan fingerprint density at radius 2 is 2.00 bits per heavy atom. The molecule has 1 aromatic carbocycles. The van der Waals surface area contributed by atoms with E-state index in [1.165, 1.54) is 0 Å². The highest BCUT2D eigenvalue weighted by molar-refractivity contribution is 6.19. The van der Waals surface area contributed by atoms with Crippen molar-refractivity contribution in [2.45, 2.75) is 6.92 Å². The Morgan fingerprint density at radius 3 is 2.61 bits per heavy atom. The van der Waals surface area contributed by atoms with Crippen molar-refractivity contribution in [3.05, 3.63) is 59.9 Å². The topological polar surface area (TPSA) is 22.1 Å². The van der Waals surface area contributed by atoms with Crippen molar-refractivity contribution >= 4 is 17.7 Å². The minimum atomic E-state index is 0.550. The van der Waals surface area contributed by atoms with Crippen molar-refractivity contribution in [2.75, 3.05) is 5.88 Å². The fourth-order valence-electron chi connectivity index (χ4n) is 1.50.